The van der Waals surface area contributed by atoms with Gasteiger partial charge in [-0.3, -0.25) is 0 Å². The van der Waals surface area contributed by atoms with E-state index < -0.39 is 20.0 Å². The summed E-state index contributed by atoms with van der Waals surface area (Å²) >= 11 is 0. The average Bonchev–Trinajstić information content (AvgIpc) is 1.53. The first-order valence-electron chi connectivity index (χ1n) is 2.91. The van der Waals surface area contributed by atoms with E-state index in [0.717, 1.165) is 12.5 Å². The Morgan fingerprint density at radius 2 is 1.25 bits per heavy atom. The lowest BCUT2D eigenvalue weighted by Crippen LogP contribution is -2.27. The van der Waals surface area contributed by atoms with Gasteiger partial charge in [-0.15, -0.1) is 4.13 Å². The molecule has 0 amide bonds. The van der Waals surface area contributed by atoms with Gasteiger partial charge >= 0.3 is 0 Å². The van der Waals surface area contributed by atoms with Crippen molar-refractivity contribution in [3.8, 4) is 0 Å². The average molecular weight is 219 g/mol. The van der Waals surface area contributed by atoms with E-state index in [0.29, 0.717) is 0 Å². The maximum absolute atomic E-state index is 10.2. The Bertz CT molecular complexity index is 259. The smallest absolute Gasteiger partial charge is 0.221 e. The molecule has 0 aliphatic rings. The van der Waals surface area contributed by atoms with Crippen molar-refractivity contribution in [3.05, 3.63) is 0 Å². The van der Waals surface area contributed by atoms with Crippen LogP contribution in [0.4, 0.5) is 0 Å². The molecule has 0 fully saturated rings. The number of rotatable bonds is 2. The quantitative estimate of drug-likeness (QED) is 0.588. The predicted molar refractivity (Wildman–Crippen MR) is 45.6 cm³/mol. The van der Waals surface area contributed by atoms with Gasteiger partial charge in [0.05, 0.1) is 12.5 Å². The van der Waals surface area contributed by atoms with Gasteiger partial charge in [0.15, 0.2) is 0 Å². The van der Waals surface area contributed by atoms with E-state index in [4.69, 9.17) is 5.11 Å². The van der Waals surface area contributed by atoms with Crippen LogP contribution in [0, 0.1) is 0 Å². The van der Waals surface area contributed by atoms with Crippen LogP contribution in [-0.4, -0.2) is 41.1 Å². The Morgan fingerprint density at radius 3 is 1.25 bits per heavy atom. The fourth-order valence-electron chi connectivity index (χ4n) is 0.275. The van der Waals surface area contributed by atoms with Crippen molar-refractivity contribution in [2.24, 2.45) is 0 Å². The van der Waals surface area contributed by atoms with E-state index in [1.807, 2.05) is 0 Å². The highest BCUT2D eigenvalue weighted by Gasteiger charge is 2.08. The van der Waals surface area contributed by atoms with Gasteiger partial charge in [-0.05, 0) is 6.92 Å². The predicted octanol–water partition coefficient (Wildman–Crippen LogP) is -1.51. The highest BCUT2D eigenvalue weighted by molar-refractivity contribution is 8.04. The van der Waals surface area contributed by atoms with E-state index in [1.165, 1.54) is 4.13 Å². The van der Waals surface area contributed by atoms with Gasteiger partial charge < -0.3 is 5.11 Å². The molecular formula is C4H13NO5S2. The molecule has 2 N–H and O–H groups in total. The van der Waals surface area contributed by atoms with Gasteiger partial charge in [0, 0.05) is 6.61 Å². The van der Waals surface area contributed by atoms with Gasteiger partial charge in [0.2, 0.25) is 20.0 Å². The van der Waals surface area contributed by atoms with Crippen LogP contribution in [0.15, 0.2) is 0 Å². The normalized spacial score (nSPS) is 11.7. The topological polar surface area (TPSA) is 101 Å². The molecule has 0 radical (unpaired) electrons. The lowest BCUT2D eigenvalue weighted by atomic mass is 10.9. The lowest BCUT2D eigenvalue weighted by molar-refractivity contribution is 0.318. The van der Waals surface area contributed by atoms with Crippen molar-refractivity contribution in [3.63, 3.8) is 0 Å². The fraction of sp³-hybridized carbons (Fsp3) is 1.00. The summed E-state index contributed by atoms with van der Waals surface area (Å²) in [4.78, 5) is 0. The van der Waals surface area contributed by atoms with Gasteiger partial charge in [0.25, 0.3) is 0 Å². The first kappa shape index (κ1) is 14.3. The molecule has 0 aliphatic heterocycles. The maximum atomic E-state index is 10.2. The minimum atomic E-state index is -3.62. The first-order chi connectivity index (χ1) is 5.12. The molecule has 0 rings (SSSR count). The van der Waals surface area contributed by atoms with E-state index in [2.05, 4.69) is 0 Å². The van der Waals surface area contributed by atoms with Crippen LogP contribution in [-0.2, 0) is 20.0 Å². The summed E-state index contributed by atoms with van der Waals surface area (Å²) < 4.78 is 42.0. The minimum Gasteiger partial charge on any atom is -0.397 e. The Labute approximate surface area is 72.7 Å². The third-order valence-corrected chi connectivity index (χ3v) is 2.72. The van der Waals surface area contributed by atoms with E-state index in [1.54, 1.807) is 6.92 Å². The second-order valence-electron chi connectivity index (χ2n) is 1.94. The van der Waals surface area contributed by atoms with Gasteiger partial charge in [-0.2, -0.15) is 0 Å². The third kappa shape index (κ3) is 22.6. The molecule has 0 aliphatic carbocycles. The van der Waals surface area contributed by atoms with Gasteiger partial charge in [-0.1, -0.05) is 0 Å². The Balaban J connectivity index is 0. The largest absolute Gasteiger partial charge is 0.397 e. The summed E-state index contributed by atoms with van der Waals surface area (Å²) in [5.41, 5.74) is 0. The molecule has 0 heterocycles. The third-order valence-electron chi connectivity index (χ3n) is 0.303. The summed E-state index contributed by atoms with van der Waals surface area (Å²) in [6, 6.07) is 0. The Morgan fingerprint density at radius 1 is 1.08 bits per heavy atom. The molecule has 0 aromatic rings. The molecule has 0 saturated heterocycles. The summed E-state index contributed by atoms with van der Waals surface area (Å²) in [5.74, 6) is 0. The van der Waals surface area contributed by atoms with E-state index >= 15 is 0 Å². The second kappa shape index (κ2) is 5.46. The zero-order chi connectivity index (χ0) is 10.4. The van der Waals surface area contributed by atoms with E-state index in [9.17, 15) is 16.8 Å². The zero-order valence-electron chi connectivity index (χ0n) is 7.10. The van der Waals surface area contributed by atoms with Crippen molar-refractivity contribution in [1.82, 2.24) is 4.13 Å². The van der Waals surface area contributed by atoms with E-state index in [-0.39, 0.29) is 6.61 Å². The van der Waals surface area contributed by atoms with Gasteiger partial charge in [0.1, 0.15) is 0 Å². The van der Waals surface area contributed by atoms with Crippen LogP contribution in [0.1, 0.15) is 6.92 Å². The number of hydrogen-bond donors (Lipinski definition) is 2. The molecule has 0 saturated carbocycles. The molecule has 12 heavy (non-hydrogen) atoms. The van der Waals surface area contributed by atoms with Crippen LogP contribution >= 0.6 is 0 Å². The van der Waals surface area contributed by atoms with Crippen LogP contribution in [0.25, 0.3) is 0 Å². The zero-order valence-corrected chi connectivity index (χ0v) is 8.74. The van der Waals surface area contributed by atoms with Crippen molar-refractivity contribution >= 4 is 20.0 Å². The first-order valence-corrected chi connectivity index (χ1v) is 6.70. The maximum Gasteiger partial charge on any atom is 0.221 e. The van der Waals surface area contributed by atoms with Crippen LogP contribution < -0.4 is 4.13 Å². The molecular weight excluding hydrogens is 206 g/mol. The van der Waals surface area contributed by atoms with Gasteiger partial charge in [-0.25, -0.2) is 16.8 Å². The molecule has 6 nitrogen and oxygen atoms in total. The van der Waals surface area contributed by atoms with Crippen LogP contribution in [0.5, 0.6) is 0 Å². The molecule has 0 aromatic carbocycles. The summed E-state index contributed by atoms with van der Waals surface area (Å²) in [6.45, 7) is 1.93. The number of nitrogens with one attached hydrogen (secondary N) is 1. The summed E-state index contributed by atoms with van der Waals surface area (Å²) in [5, 5.41) is 7.57. The SMILES string of the molecule is CCO.CS(=O)(=O)NS(C)(=O)=O. The highest BCUT2D eigenvalue weighted by Crippen LogP contribution is 1.78. The number of aliphatic hydroxyl groups excluding tert-OH is 1. The molecule has 0 atom stereocenters. The Kier molecular flexibility index (Phi) is 6.53. The number of sulfonamides is 2. The van der Waals surface area contributed by atoms with Crippen LogP contribution in [0.2, 0.25) is 0 Å². The number of aliphatic hydroxyl groups is 1. The summed E-state index contributed by atoms with van der Waals surface area (Å²) in [7, 11) is -7.24. The standard InChI is InChI=1S/C2H7NO4S2.C2H6O/c1-8(4,5)3-9(2,6)7;1-2-3/h3H,1-2H3;3H,2H2,1H3. The Hall–Kier alpha value is -0.180. The van der Waals surface area contributed by atoms with Crippen molar-refractivity contribution in [2.45, 2.75) is 6.92 Å². The van der Waals surface area contributed by atoms with Crippen molar-refractivity contribution in [2.75, 3.05) is 19.1 Å². The summed E-state index contributed by atoms with van der Waals surface area (Å²) in [6.07, 6.45) is 1.54. The molecule has 76 valence electrons. The second-order valence-corrected chi connectivity index (χ2v) is 5.70. The molecule has 0 aromatic heterocycles. The lowest BCUT2D eigenvalue weighted by Gasteiger charge is -1.94. The molecule has 0 unspecified atom stereocenters. The van der Waals surface area contributed by atoms with Crippen molar-refractivity contribution in [1.29, 1.82) is 0 Å². The molecule has 8 heteroatoms. The number of hydrogen-bond acceptors (Lipinski definition) is 5. The molecule has 0 bridgehead atoms. The molecule has 0 spiro atoms. The van der Waals surface area contributed by atoms with Crippen LogP contribution in [0.3, 0.4) is 0 Å². The van der Waals surface area contributed by atoms with Crippen molar-refractivity contribution < 1.29 is 21.9 Å². The minimum absolute atomic E-state index is 0.250. The fourth-order valence-corrected chi connectivity index (χ4v) is 2.47. The highest BCUT2D eigenvalue weighted by atomic mass is 32.3. The monoisotopic (exact) mass is 219 g/mol.